The molecular formula is C12H9N3O3S. The molecule has 0 atom stereocenters. The van der Waals surface area contributed by atoms with E-state index >= 15 is 0 Å². The molecule has 0 aliphatic heterocycles. The number of rotatable bonds is 2. The van der Waals surface area contributed by atoms with Gasteiger partial charge in [0.2, 0.25) is 0 Å². The van der Waals surface area contributed by atoms with Gasteiger partial charge in [0, 0.05) is 5.39 Å². The van der Waals surface area contributed by atoms with Crippen LogP contribution in [0.1, 0.15) is 9.67 Å². The van der Waals surface area contributed by atoms with Crippen molar-refractivity contribution in [3.05, 3.63) is 23.1 Å². The number of ether oxygens (including phenoxy) is 2. The van der Waals surface area contributed by atoms with Gasteiger partial charge < -0.3 is 9.47 Å². The van der Waals surface area contributed by atoms with Crippen LogP contribution in [0.3, 0.4) is 0 Å². The number of fused-ring (bicyclic) bond motifs is 3. The Kier molecular flexibility index (Phi) is 2.75. The summed E-state index contributed by atoms with van der Waals surface area (Å²) < 4.78 is 14.2. The standard InChI is InChI=1S/C12H9N3O3S/c1-17-6-3-4-8-7(5-6)9-10(14-13-8)11(19-15-9)12(16)18-2/h3-5H,1-2H3. The zero-order valence-corrected chi connectivity index (χ0v) is 11.0. The molecule has 0 amide bonds. The lowest BCUT2D eigenvalue weighted by Crippen LogP contribution is -1.99. The Morgan fingerprint density at radius 3 is 2.79 bits per heavy atom. The Morgan fingerprint density at radius 1 is 1.21 bits per heavy atom. The molecule has 0 saturated heterocycles. The molecule has 19 heavy (non-hydrogen) atoms. The number of nitrogens with zero attached hydrogens (tertiary/aromatic N) is 3. The van der Waals surface area contributed by atoms with Crippen LogP contribution >= 0.6 is 11.5 Å². The summed E-state index contributed by atoms with van der Waals surface area (Å²) >= 11 is 1.06. The molecule has 0 aliphatic rings. The second-order valence-electron chi connectivity index (χ2n) is 3.78. The van der Waals surface area contributed by atoms with Crippen LogP contribution in [0.4, 0.5) is 0 Å². The van der Waals surface area contributed by atoms with E-state index in [9.17, 15) is 4.79 Å². The zero-order valence-electron chi connectivity index (χ0n) is 10.2. The number of carbonyl (C=O) groups is 1. The second-order valence-corrected chi connectivity index (χ2v) is 4.56. The third kappa shape index (κ3) is 1.78. The van der Waals surface area contributed by atoms with Crippen LogP contribution < -0.4 is 4.74 Å². The van der Waals surface area contributed by atoms with Gasteiger partial charge in [0.25, 0.3) is 0 Å². The van der Waals surface area contributed by atoms with Crippen molar-refractivity contribution in [3.8, 4) is 5.75 Å². The fourth-order valence-corrected chi connectivity index (χ4v) is 2.55. The predicted octanol–water partition coefficient (Wildman–Crippen LogP) is 2.03. The molecule has 0 radical (unpaired) electrons. The van der Waals surface area contributed by atoms with E-state index in [0.717, 1.165) is 16.9 Å². The molecule has 2 aromatic heterocycles. The summed E-state index contributed by atoms with van der Waals surface area (Å²) in [5.41, 5.74) is 1.79. The third-order valence-electron chi connectivity index (χ3n) is 2.75. The lowest BCUT2D eigenvalue weighted by Gasteiger charge is -2.01. The van der Waals surface area contributed by atoms with Gasteiger partial charge in [0.05, 0.1) is 19.7 Å². The lowest BCUT2D eigenvalue weighted by molar-refractivity contribution is 0.0608. The van der Waals surface area contributed by atoms with Crippen LogP contribution in [0.2, 0.25) is 0 Å². The van der Waals surface area contributed by atoms with Gasteiger partial charge >= 0.3 is 5.97 Å². The molecule has 0 spiro atoms. The van der Waals surface area contributed by atoms with Crippen LogP contribution in [0.15, 0.2) is 18.2 Å². The fourth-order valence-electron chi connectivity index (χ4n) is 1.80. The van der Waals surface area contributed by atoms with E-state index in [1.165, 1.54) is 7.11 Å². The predicted molar refractivity (Wildman–Crippen MR) is 70.6 cm³/mol. The number of carbonyl (C=O) groups excluding carboxylic acids is 1. The lowest BCUT2D eigenvalue weighted by atomic mass is 10.2. The summed E-state index contributed by atoms with van der Waals surface area (Å²) in [6.07, 6.45) is 0. The van der Waals surface area contributed by atoms with Gasteiger partial charge in [-0.05, 0) is 29.7 Å². The first-order valence-electron chi connectivity index (χ1n) is 5.42. The average Bonchev–Trinajstić information content (AvgIpc) is 2.90. The average molecular weight is 275 g/mol. The molecule has 6 nitrogen and oxygen atoms in total. The number of hydrogen-bond acceptors (Lipinski definition) is 7. The van der Waals surface area contributed by atoms with Gasteiger partial charge in [-0.1, -0.05) is 0 Å². The van der Waals surface area contributed by atoms with E-state index < -0.39 is 5.97 Å². The third-order valence-corrected chi connectivity index (χ3v) is 3.57. The number of benzene rings is 1. The van der Waals surface area contributed by atoms with Crippen molar-refractivity contribution in [2.45, 2.75) is 0 Å². The summed E-state index contributed by atoms with van der Waals surface area (Å²) in [5.74, 6) is 0.249. The van der Waals surface area contributed by atoms with Crippen molar-refractivity contribution < 1.29 is 14.3 Å². The summed E-state index contributed by atoms with van der Waals surface area (Å²) in [4.78, 5) is 12.0. The first-order valence-corrected chi connectivity index (χ1v) is 6.20. The molecule has 2 heterocycles. The van der Waals surface area contributed by atoms with E-state index in [1.807, 2.05) is 6.07 Å². The highest BCUT2D eigenvalue weighted by molar-refractivity contribution is 7.09. The zero-order chi connectivity index (χ0) is 13.4. The van der Waals surface area contributed by atoms with Crippen LogP contribution in [0.5, 0.6) is 5.75 Å². The molecule has 1 aromatic carbocycles. The van der Waals surface area contributed by atoms with Crippen LogP contribution in [-0.2, 0) is 4.74 Å². The monoisotopic (exact) mass is 275 g/mol. The molecule has 0 saturated carbocycles. The summed E-state index contributed by atoms with van der Waals surface area (Å²) in [6.45, 7) is 0. The van der Waals surface area contributed by atoms with Crippen molar-refractivity contribution in [2.75, 3.05) is 14.2 Å². The van der Waals surface area contributed by atoms with Gasteiger partial charge in [-0.2, -0.15) is 4.37 Å². The topological polar surface area (TPSA) is 74.2 Å². The quantitative estimate of drug-likeness (QED) is 0.666. The second kappa shape index (κ2) is 4.43. The Morgan fingerprint density at radius 2 is 2.05 bits per heavy atom. The SMILES string of the molecule is COC(=O)c1snc2c1nnc1ccc(OC)cc12. The molecule has 3 rings (SSSR count). The molecule has 3 aromatic rings. The van der Waals surface area contributed by atoms with Gasteiger partial charge in [-0.3, -0.25) is 0 Å². The minimum atomic E-state index is -0.455. The highest BCUT2D eigenvalue weighted by Gasteiger charge is 2.18. The molecule has 0 fully saturated rings. The highest BCUT2D eigenvalue weighted by Crippen LogP contribution is 2.28. The molecule has 0 N–H and O–H groups in total. The van der Waals surface area contributed by atoms with Crippen LogP contribution in [-0.4, -0.2) is 34.8 Å². The molecule has 0 unspecified atom stereocenters. The van der Waals surface area contributed by atoms with Crippen molar-refractivity contribution in [1.82, 2.24) is 14.6 Å². The van der Waals surface area contributed by atoms with E-state index in [0.29, 0.717) is 27.2 Å². The molecule has 0 aliphatic carbocycles. The smallest absolute Gasteiger partial charge is 0.352 e. The minimum absolute atomic E-state index is 0.356. The summed E-state index contributed by atoms with van der Waals surface area (Å²) in [6, 6.07) is 5.43. The Hall–Kier alpha value is -2.28. The molecule has 0 bridgehead atoms. The van der Waals surface area contributed by atoms with Crippen molar-refractivity contribution in [1.29, 1.82) is 0 Å². The number of hydrogen-bond donors (Lipinski definition) is 0. The van der Waals surface area contributed by atoms with Crippen LogP contribution in [0.25, 0.3) is 21.9 Å². The molecule has 7 heteroatoms. The normalized spacial score (nSPS) is 10.8. The van der Waals surface area contributed by atoms with E-state index in [-0.39, 0.29) is 0 Å². The maximum absolute atomic E-state index is 11.6. The molecule has 96 valence electrons. The maximum atomic E-state index is 11.6. The summed E-state index contributed by atoms with van der Waals surface area (Å²) in [5, 5.41) is 8.94. The summed E-state index contributed by atoms with van der Waals surface area (Å²) in [7, 11) is 2.92. The van der Waals surface area contributed by atoms with E-state index in [1.54, 1.807) is 19.2 Å². The largest absolute Gasteiger partial charge is 0.497 e. The maximum Gasteiger partial charge on any atom is 0.352 e. The fraction of sp³-hybridized carbons (Fsp3) is 0.167. The first kappa shape index (κ1) is 11.8. The molecular weight excluding hydrogens is 266 g/mol. The van der Waals surface area contributed by atoms with E-state index in [2.05, 4.69) is 14.6 Å². The van der Waals surface area contributed by atoms with Gasteiger partial charge in [-0.15, -0.1) is 10.2 Å². The minimum Gasteiger partial charge on any atom is -0.497 e. The van der Waals surface area contributed by atoms with Gasteiger partial charge in [0.15, 0.2) is 4.88 Å². The van der Waals surface area contributed by atoms with Crippen molar-refractivity contribution in [2.24, 2.45) is 0 Å². The van der Waals surface area contributed by atoms with Crippen molar-refractivity contribution in [3.63, 3.8) is 0 Å². The first-order chi connectivity index (χ1) is 9.24. The Bertz CT molecular complexity index is 784. The van der Waals surface area contributed by atoms with Crippen LogP contribution in [0, 0.1) is 0 Å². The van der Waals surface area contributed by atoms with Gasteiger partial charge in [0.1, 0.15) is 16.8 Å². The van der Waals surface area contributed by atoms with Gasteiger partial charge in [-0.25, -0.2) is 4.79 Å². The number of methoxy groups -OCH3 is 2. The number of esters is 1. The van der Waals surface area contributed by atoms with E-state index in [4.69, 9.17) is 9.47 Å². The highest BCUT2D eigenvalue weighted by atomic mass is 32.1. The van der Waals surface area contributed by atoms with Crippen molar-refractivity contribution >= 4 is 39.4 Å². The number of aromatic nitrogens is 3. The Balaban J connectivity index is 2.34. The Labute approximate surface area is 112 Å².